The van der Waals surface area contributed by atoms with E-state index < -0.39 is 0 Å². The smallest absolute Gasteiger partial charge is 0.255 e. The van der Waals surface area contributed by atoms with Crippen molar-refractivity contribution in [2.45, 2.75) is 6.92 Å². The highest BCUT2D eigenvalue weighted by Crippen LogP contribution is 2.19. The molecule has 0 aliphatic rings. The molecule has 0 heterocycles. The Morgan fingerprint density at radius 3 is 2.30 bits per heavy atom. The van der Waals surface area contributed by atoms with Gasteiger partial charge in [-0.2, -0.15) is 0 Å². The van der Waals surface area contributed by atoms with Gasteiger partial charge in [-0.15, -0.1) is 6.58 Å². The van der Waals surface area contributed by atoms with E-state index in [1.165, 1.54) is 0 Å². The van der Waals surface area contributed by atoms with E-state index >= 15 is 0 Å². The Morgan fingerprint density at radius 2 is 1.63 bits per heavy atom. The Hall–Kier alpha value is -3.86. The molecule has 5 heteroatoms. The van der Waals surface area contributed by atoms with Crippen LogP contribution < -0.4 is 15.5 Å². The third-order valence-corrected chi connectivity index (χ3v) is 4.64. The SMILES string of the molecule is C=CCN(C(=O)CNc1cc(C(=O)Nc2ccccc2)ccc1C)c1ccccc1. The fraction of sp³-hybridized carbons (Fsp3) is 0.120. The molecule has 152 valence electrons. The molecule has 3 aromatic rings. The number of para-hydroxylation sites is 2. The second kappa shape index (κ2) is 10.1. The van der Waals surface area contributed by atoms with Crippen LogP contribution in [0.5, 0.6) is 0 Å². The average Bonchev–Trinajstić information content (AvgIpc) is 2.78. The van der Waals surface area contributed by atoms with E-state index in [1.54, 1.807) is 23.1 Å². The first-order chi connectivity index (χ1) is 14.6. The van der Waals surface area contributed by atoms with Gasteiger partial charge in [0.05, 0.1) is 6.54 Å². The predicted molar refractivity (Wildman–Crippen MR) is 123 cm³/mol. The Bertz CT molecular complexity index is 1020. The van der Waals surface area contributed by atoms with Crippen LogP contribution in [0.4, 0.5) is 17.1 Å². The molecular weight excluding hydrogens is 374 g/mol. The number of hydrogen-bond donors (Lipinski definition) is 2. The van der Waals surface area contributed by atoms with Crippen LogP contribution in [0, 0.1) is 6.92 Å². The van der Waals surface area contributed by atoms with Gasteiger partial charge >= 0.3 is 0 Å². The maximum Gasteiger partial charge on any atom is 0.255 e. The quantitative estimate of drug-likeness (QED) is 0.531. The fourth-order valence-electron chi connectivity index (χ4n) is 3.03. The van der Waals surface area contributed by atoms with Crippen molar-refractivity contribution in [2.75, 3.05) is 28.6 Å². The lowest BCUT2D eigenvalue weighted by atomic mass is 10.1. The second-order valence-corrected chi connectivity index (χ2v) is 6.83. The highest BCUT2D eigenvalue weighted by molar-refractivity contribution is 6.05. The normalized spacial score (nSPS) is 10.2. The van der Waals surface area contributed by atoms with Crippen molar-refractivity contribution in [1.29, 1.82) is 0 Å². The van der Waals surface area contributed by atoms with Crippen LogP contribution >= 0.6 is 0 Å². The summed E-state index contributed by atoms with van der Waals surface area (Å²) in [6, 6.07) is 24.2. The largest absolute Gasteiger partial charge is 0.376 e. The molecule has 30 heavy (non-hydrogen) atoms. The molecule has 3 aromatic carbocycles. The van der Waals surface area contributed by atoms with Crippen LogP contribution in [-0.4, -0.2) is 24.9 Å². The molecule has 0 aliphatic heterocycles. The van der Waals surface area contributed by atoms with Crippen molar-refractivity contribution >= 4 is 28.9 Å². The summed E-state index contributed by atoms with van der Waals surface area (Å²) in [5.74, 6) is -0.284. The van der Waals surface area contributed by atoms with E-state index in [-0.39, 0.29) is 18.4 Å². The van der Waals surface area contributed by atoms with E-state index in [9.17, 15) is 9.59 Å². The van der Waals surface area contributed by atoms with E-state index in [0.717, 1.165) is 22.6 Å². The van der Waals surface area contributed by atoms with Crippen LogP contribution in [0.25, 0.3) is 0 Å². The van der Waals surface area contributed by atoms with Gasteiger partial charge < -0.3 is 15.5 Å². The van der Waals surface area contributed by atoms with Gasteiger partial charge in [0.2, 0.25) is 5.91 Å². The van der Waals surface area contributed by atoms with Gasteiger partial charge in [0.1, 0.15) is 0 Å². The summed E-state index contributed by atoms with van der Waals surface area (Å²) < 4.78 is 0. The first-order valence-electron chi connectivity index (χ1n) is 9.75. The average molecular weight is 399 g/mol. The number of nitrogens with one attached hydrogen (secondary N) is 2. The zero-order valence-electron chi connectivity index (χ0n) is 17.0. The first-order valence-corrected chi connectivity index (χ1v) is 9.75. The summed E-state index contributed by atoms with van der Waals surface area (Å²) in [5.41, 5.74) is 3.77. The molecule has 5 nitrogen and oxygen atoms in total. The summed E-state index contributed by atoms with van der Waals surface area (Å²) in [7, 11) is 0. The standard InChI is InChI=1S/C25H25N3O2/c1-3-16-28(22-12-8-5-9-13-22)24(29)18-26-23-17-20(15-14-19(23)2)25(30)27-21-10-6-4-7-11-21/h3-15,17,26H,1,16,18H2,2H3,(H,27,30). The predicted octanol–water partition coefficient (Wildman–Crippen LogP) is 4.88. The Morgan fingerprint density at radius 1 is 0.967 bits per heavy atom. The minimum absolute atomic E-state index is 0.0837. The molecule has 2 N–H and O–H groups in total. The van der Waals surface area contributed by atoms with Crippen LogP contribution in [0.1, 0.15) is 15.9 Å². The molecule has 0 saturated heterocycles. The van der Waals surface area contributed by atoms with E-state index in [4.69, 9.17) is 0 Å². The maximum atomic E-state index is 12.8. The Labute approximate surface area is 177 Å². The molecule has 0 fully saturated rings. The molecule has 0 radical (unpaired) electrons. The first kappa shape index (κ1) is 20.9. The van der Waals surface area contributed by atoms with E-state index in [1.807, 2.05) is 73.7 Å². The summed E-state index contributed by atoms with van der Waals surface area (Å²) in [6.07, 6.45) is 1.70. The molecular formula is C25H25N3O2. The molecule has 0 saturated carbocycles. The van der Waals surface area contributed by atoms with Gasteiger partial charge in [-0.3, -0.25) is 9.59 Å². The summed E-state index contributed by atoms with van der Waals surface area (Å²) in [4.78, 5) is 27.1. The lowest BCUT2D eigenvalue weighted by Crippen LogP contribution is -2.35. The minimum atomic E-state index is -0.201. The Balaban J connectivity index is 1.70. The van der Waals surface area contributed by atoms with Crippen molar-refractivity contribution < 1.29 is 9.59 Å². The van der Waals surface area contributed by atoms with Crippen LogP contribution in [0.15, 0.2) is 91.5 Å². The molecule has 0 unspecified atom stereocenters. The number of carbonyl (C=O) groups excluding carboxylic acids is 2. The third-order valence-electron chi connectivity index (χ3n) is 4.64. The number of nitrogens with zero attached hydrogens (tertiary/aromatic N) is 1. The third kappa shape index (κ3) is 5.35. The molecule has 0 aliphatic carbocycles. The van der Waals surface area contributed by atoms with Crippen molar-refractivity contribution in [1.82, 2.24) is 0 Å². The lowest BCUT2D eigenvalue weighted by molar-refractivity contribution is -0.116. The number of rotatable bonds is 8. The summed E-state index contributed by atoms with van der Waals surface area (Å²) in [6.45, 7) is 6.21. The number of benzene rings is 3. The number of anilines is 3. The number of hydrogen-bond acceptors (Lipinski definition) is 3. The van der Waals surface area contributed by atoms with Crippen molar-refractivity contribution in [2.24, 2.45) is 0 Å². The minimum Gasteiger partial charge on any atom is -0.376 e. The highest BCUT2D eigenvalue weighted by Gasteiger charge is 2.15. The van der Waals surface area contributed by atoms with Crippen molar-refractivity contribution in [3.63, 3.8) is 0 Å². The zero-order valence-corrected chi connectivity index (χ0v) is 17.0. The molecule has 0 spiro atoms. The lowest BCUT2D eigenvalue weighted by Gasteiger charge is -2.22. The van der Waals surface area contributed by atoms with Gasteiger partial charge in [-0.1, -0.05) is 48.5 Å². The van der Waals surface area contributed by atoms with Crippen LogP contribution in [-0.2, 0) is 4.79 Å². The van der Waals surface area contributed by atoms with Gasteiger partial charge in [-0.05, 0) is 48.9 Å². The van der Waals surface area contributed by atoms with Crippen molar-refractivity contribution in [3.05, 3.63) is 103 Å². The van der Waals surface area contributed by atoms with Gasteiger partial charge in [-0.25, -0.2) is 0 Å². The summed E-state index contributed by atoms with van der Waals surface area (Å²) >= 11 is 0. The highest BCUT2D eigenvalue weighted by atomic mass is 16.2. The molecule has 3 rings (SSSR count). The number of amides is 2. The van der Waals surface area contributed by atoms with E-state index in [0.29, 0.717) is 12.1 Å². The second-order valence-electron chi connectivity index (χ2n) is 6.83. The van der Waals surface area contributed by atoms with Crippen molar-refractivity contribution in [3.8, 4) is 0 Å². The topological polar surface area (TPSA) is 61.4 Å². The molecule has 0 aromatic heterocycles. The van der Waals surface area contributed by atoms with Gasteiger partial charge in [0, 0.05) is 29.2 Å². The van der Waals surface area contributed by atoms with Gasteiger partial charge in [0.25, 0.3) is 5.91 Å². The fourth-order valence-corrected chi connectivity index (χ4v) is 3.03. The molecule has 0 atom stereocenters. The van der Waals surface area contributed by atoms with E-state index in [2.05, 4.69) is 17.2 Å². The number of carbonyl (C=O) groups is 2. The van der Waals surface area contributed by atoms with Crippen LogP contribution in [0.2, 0.25) is 0 Å². The number of aryl methyl sites for hydroxylation is 1. The van der Waals surface area contributed by atoms with Gasteiger partial charge in [0.15, 0.2) is 0 Å². The summed E-state index contributed by atoms with van der Waals surface area (Å²) in [5, 5.41) is 6.05. The zero-order chi connectivity index (χ0) is 21.3. The molecule has 0 bridgehead atoms. The monoisotopic (exact) mass is 399 g/mol. The van der Waals surface area contributed by atoms with Crippen LogP contribution in [0.3, 0.4) is 0 Å². The maximum absolute atomic E-state index is 12.8. The molecule has 2 amide bonds. The Kier molecular flexibility index (Phi) is 7.00.